The molecule has 1 heterocycles. The number of rotatable bonds is 11. The molecular formula is C30H33Cl2N3O6S. The molecule has 3 aromatic rings. The van der Waals surface area contributed by atoms with Crippen LogP contribution in [0.4, 0.5) is 5.69 Å². The van der Waals surface area contributed by atoms with E-state index in [1.54, 1.807) is 55.5 Å². The van der Waals surface area contributed by atoms with Crippen molar-refractivity contribution in [3.8, 4) is 11.5 Å². The average molecular weight is 635 g/mol. The van der Waals surface area contributed by atoms with E-state index in [4.69, 9.17) is 32.7 Å². The maximum atomic E-state index is 14.1. The Morgan fingerprint density at radius 1 is 0.905 bits per heavy atom. The predicted octanol–water partition coefficient (Wildman–Crippen LogP) is 5.15. The number of halogens is 2. The summed E-state index contributed by atoms with van der Waals surface area (Å²) in [7, 11) is -4.23. The van der Waals surface area contributed by atoms with Gasteiger partial charge in [0.1, 0.15) is 25.8 Å². The molecule has 0 aromatic heterocycles. The summed E-state index contributed by atoms with van der Waals surface area (Å²) in [5, 5.41) is 3.48. The normalized spacial score (nSPS) is 13.4. The third-order valence-electron chi connectivity index (χ3n) is 6.67. The molecule has 3 aromatic carbocycles. The standard InChI is InChI=1S/C30H33Cl2N3O6S/c1-20(2)17-33-30(37)21(3)34(18-24-25(31)10-7-11-26(24)32)29(36)19-35(42(38,39)23-8-5-4-6-9-23)22-12-13-27-28(16-22)41-15-14-40-27/h4-13,16,20-21H,14-15,17-19H2,1-3H3,(H,33,37). The molecule has 1 N–H and O–H groups in total. The highest BCUT2D eigenvalue weighted by molar-refractivity contribution is 7.92. The van der Waals surface area contributed by atoms with Crippen molar-refractivity contribution in [2.24, 2.45) is 5.92 Å². The van der Waals surface area contributed by atoms with E-state index >= 15 is 0 Å². The van der Waals surface area contributed by atoms with Gasteiger partial charge < -0.3 is 19.7 Å². The molecule has 9 nitrogen and oxygen atoms in total. The number of nitrogens with one attached hydrogen (secondary N) is 1. The number of benzene rings is 3. The number of amides is 2. The maximum Gasteiger partial charge on any atom is 0.264 e. The number of sulfonamides is 1. The number of ether oxygens (including phenoxy) is 2. The lowest BCUT2D eigenvalue weighted by Gasteiger charge is -2.32. The lowest BCUT2D eigenvalue weighted by molar-refractivity contribution is -0.139. The zero-order valence-electron chi connectivity index (χ0n) is 23.5. The largest absolute Gasteiger partial charge is 0.486 e. The van der Waals surface area contributed by atoms with Crippen LogP contribution in [0.25, 0.3) is 0 Å². The van der Waals surface area contributed by atoms with Gasteiger partial charge in [-0.25, -0.2) is 8.42 Å². The van der Waals surface area contributed by atoms with Crippen LogP contribution in [0.3, 0.4) is 0 Å². The van der Waals surface area contributed by atoms with Crippen molar-refractivity contribution >= 4 is 50.7 Å². The highest BCUT2D eigenvalue weighted by Crippen LogP contribution is 2.36. The topological polar surface area (TPSA) is 105 Å². The first-order valence-corrected chi connectivity index (χ1v) is 15.7. The smallest absolute Gasteiger partial charge is 0.264 e. The summed E-state index contributed by atoms with van der Waals surface area (Å²) in [5.74, 6) is -0.00551. The van der Waals surface area contributed by atoms with E-state index in [0.717, 1.165) is 4.31 Å². The molecule has 224 valence electrons. The minimum Gasteiger partial charge on any atom is -0.486 e. The van der Waals surface area contributed by atoms with Crippen LogP contribution in [0.1, 0.15) is 26.3 Å². The van der Waals surface area contributed by atoms with Crippen molar-refractivity contribution in [3.05, 3.63) is 82.3 Å². The van der Waals surface area contributed by atoms with E-state index < -0.39 is 34.4 Å². The Kier molecular flexibility index (Phi) is 10.2. The Hall–Kier alpha value is -3.47. The molecule has 0 radical (unpaired) electrons. The van der Waals surface area contributed by atoms with Crippen LogP contribution in [0, 0.1) is 5.92 Å². The van der Waals surface area contributed by atoms with Crippen LogP contribution in [-0.4, -0.2) is 57.5 Å². The van der Waals surface area contributed by atoms with Crippen molar-refractivity contribution in [2.75, 3.05) is 30.6 Å². The summed E-state index contributed by atoms with van der Waals surface area (Å²) in [6.45, 7) is 5.84. The molecule has 2 amide bonds. The molecule has 0 saturated carbocycles. The molecule has 42 heavy (non-hydrogen) atoms. The summed E-state index contributed by atoms with van der Waals surface area (Å²) in [4.78, 5) is 28.5. The Morgan fingerprint density at radius 3 is 2.19 bits per heavy atom. The number of anilines is 1. The number of nitrogens with zero attached hydrogens (tertiary/aromatic N) is 2. The van der Waals surface area contributed by atoms with Gasteiger partial charge in [-0.3, -0.25) is 13.9 Å². The predicted molar refractivity (Wildman–Crippen MR) is 163 cm³/mol. The first kappa shape index (κ1) is 31.5. The van der Waals surface area contributed by atoms with Gasteiger partial charge in [-0.1, -0.05) is 61.3 Å². The number of carbonyl (C=O) groups is 2. The molecular weight excluding hydrogens is 601 g/mol. The van der Waals surface area contributed by atoms with Gasteiger partial charge in [-0.15, -0.1) is 0 Å². The minimum atomic E-state index is -4.23. The van der Waals surface area contributed by atoms with Crippen molar-refractivity contribution in [1.82, 2.24) is 10.2 Å². The van der Waals surface area contributed by atoms with Gasteiger partial charge in [0.25, 0.3) is 10.0 Å². The van der Waals surface area contributed by atoms with E-state index in [9.17, 15) is 18.0 Å². The first-order valence-electron chi connectivity index (χ1n) is 13.5. The van der Waals surface area contributed by atoms with Crippen LogP contribution in [0.5, 0.6) is 11.5 Å². The van der Waals surface area contributed by atoms with Crippen LogP contribution < -0.4 is 19.1 Å². The second-order valence-electron chi connectivity index (χ2n) is 10.2. The lowest BCUT2D eigenvalue weighted by atomic mass is 10.1. The molecule has 1 aliphatic heterocycles. The molecule has 0 aliphatic carbocycles. The van der Waals surface area contributed by atoms with Gasteiger partial charge in [-0.2, -0.15) is 0 Å². The van der Waals surface area contributed by atoms with E-state index in [1.165, 1.54) is 23.1 Å². The third kappa shape index (κ3) is 7.29. The Labute approximate surface area is 256 Å². The molecule has 4 rings (SSSR count). The van der Waals surface area contributed by atoms with E-state index in [-0.39, 0.29) is 23.0 Å². The van der Waals surface area contributed by atoms with Crippen LogP contribution in [0.15, 0.2) is 71.6 Å². The van der Waals surface area contributed by atoms with Gasteiger partial charge >= 0.3 is 0 Å². The number of hydrogen-bond donors (Lipinski definition) is 1. The Morgan fingerprint density at radius 2 is 1.55 bits per heavy atom. The minimum absolute atomic E-state index is 0.00360. The molecule has 1 atom stereocenters. The fourth-order valence-corrected chi connectivity index (χ4v) is 6.27. The fraction of sp³-hybridized carbons (Fsp3) is 0.333. The highest BCUT2D eigenvalue weighted by Gasteiger charge is 2.33. The zero-order valence-corrected chi connectivity index (χ0v) is 25.9. The Balaban J connectivity index is 1.74. The summed E-state index contributed by atoms with van der Waals surface area (Å²) < 4.78 is 40.2. The molecule has 0 bridgehead atoms. The van der Waals surface area contributed by atoms with Gasteiger partial charge in [0.05, 0.1) is 10.6 Å². The van der Waals surface area contributed by atoms with Crippen molar-refractivity contribution < 1.29 is 27.5 Å². The quantitative estimate of drug-likeness (QED) is 0.313. The molecule has 1 aliphatic rings. The number of carbonyl (C=O) groups excluding carboxylic acids is 2. The highest BCUT2D eigenvalue weighted by atomic mass is 35.5. The SMILES string of the molecule is CC(C)CNC(=O)C(C)N(Cc1c(Cl)cccc1Cl)C(=O)CN(c1ccc2c(c1)OCCO2)S(=O)(=O)c1ccccc1. The molecule has 0 fully saturated rings. The van der Waals surface area contributed by atoms with Crippen molar-refractivity contribution in [2.45, 2.75) is 38.3 Å². The van der Waals surface area contributed by atoms with E-state index in [0.29, 0.717) is 46.9 Å². The molecule has 0 saturated heterocycles. The van der Waals surface area contributed by atoms with Gasteiger partial charge in [0.15, 0.2) is 11.5 Å². The van der Waals surface area contributed by atoms with Crippen molar-refractivity contribution in [3.63, 3.8) is 0 Å². The van der Waals surface area contributed by atoms with Crippen LogP contribution >= 0.6 is 23.2 Å². The van der Waals surface area contributed by atoms with E-state index in [1.807, 2.05) is 13.8 Å². The van der Waals surface area contributed by atoms with Crippen LogP contribution in [0.2, 0.25) is 10.0 Å². The summed E-state index contributed by atoms with van der Waals surface area (Å²) >= 11 is 12.9. The lowest BCUT2D eigenvalue weighted by Crippen LogP contribution is -2.51. The van der Waals surface area contributed by atoms with Gasteiger partial charge in [0, 0.05) is 34.8 Å². The fourth-order valence-electron chi connectivity index (χ4n) is 4.32. The zero-order chi connectivity index (χ0) is 30.4. The summed E-state index contributed by atoms with van der Waals surface area (Å²) in [5.41, 5.74) is 0.638. The second kappa shape index (κ2) is 13.7. The summed E-state index contributed by atoms with van der Waals surface area (Å²) in [6, 6.07) is 16.5. The number of fused-ring (bicyclic) bond motifs is 1. The van der Waals surface area contributed by atoms with Crippen LogP contribution in [-0.2, 0) is 26.2 Å². The monoisotopic (exact) mass is 633 g/mol. The average Bonchev–Trinajstić information content (AvgIpc) is 2.98. The van der Waals surface area contributed by atoms with Crippen molar-refractivity contribution in [1.29, 1.82) is 0 Å². The first-order chi connectivity index (χ1) is 20.0. The maximum absolute atomic E-state index is 14.1. The molecule has 0 spiro atoms. The molecule has 1 unspecified atom stereocenters. The van der Waals surface area contributed by atoms with Gasteiger partial charge in [-0.05, 0) is 49.2 Å². The van der Waals surface area contributed by atoms with Gasteiger partial charge in [0.2, 0.25) is 11.8 Å². The molecule has 12 heteroatoms. The van der Waals surface area contributed by atoms with E-state index in [2.05, 4.69) is 5.32 Å². The summed E-state index contributed by atoms with van der Waals surface area (Å²) in [6.07, 6.45) is 0. The second-order valence-corrected chi connectivity index (χ2v) is 12.9. The third-order valence-corrected chi connectivity index (χ3v) is 9.16. The number of hydrogen-bond acceptors (Lipinski definition) is 6. The Bertz CT molecular complexity index is 1510.